The monoisotopic (exact) mass is 363 g/mol. The summed E-state index contributed by atoms with van der Waals surface area (Å²) >= 11 is 0. The number of rotatable bonds is 3. The van der Waals surface area contributed by atoms with Crippen molar-refractivity contribution in [2.24, 2.45) is 0 Å². The first-order valence-electron chi connectivity index (χ1n) is 8.11. The second kappa shape index (κ2) is 6.00. The van der Waals surface area contributed by atoms with Crippen molar-refractivity contribution in [3.8, 4) is 11.5 Å². The molecule has 0 spiro atoms. The summed E-state index contributed by atoms with van der Waals surface area (Å²) < 4.78 is 51.2. The molecular formula is C18H18FNO4S. The van der Waals surface area contributed by atoms with Crippen LogP contribution in [0.3, 0.4) is 0 Å². The van der Waals surface area contributed by atoms with Gasteiger partial charge in [0.05, 0.1) is 4.90 Å². The Kier molecular flexibility index (Phi) is 3.92. The highest BCUT2D eigenvalue weighted by Crippen LogP contribution is 2.38. The van der Waals surface area contributed by atoms with Gasteiger partial charge in [0, 0.05) is 13.1 Å². The maximum absolute atomic E-state index is 13.4. The number of fused-ring (bicyclic) bond motifs is 1. The zero-order valence-electron chi connectivity index (χ0n) is 13.7. The lowest BCUT2D eigenvalue weighted by molar-refractivity contribution is 0.174. The van der Waals surface area contributed by atoms with Gasteiger partial charge in [0.15, 0.2) is 11.5 Å². The number of aryl methyl sites for hydroxylation is 1. The molecule has 0 N–H and O–H groups in total. The van der Waals surface area contributed by atoms with E-state index in [0.29, 0.717) is 30.2 Å². The van der Waals surface area contributed by atoms with E-state index in [0.717, 1.165) is 12.0 Å². The summed E-state index contributed by atoms with van der Waals surface area (Å²) in [5, 5.41) is 0. The number of hydrogen-bond donors (Lipinski definition) is 0. The predicted molar refractivity (Wildman–Crippen MR) is 89.8 cm³/mol. The summed E-state index contributed by atoms with van der Waals surface area (Å²) in [5.41, 5.74) is 1.37. The molecule has 5 nitrogen and oxygen atoms in total. The first kappa shape index (κ1) is 16.4. The van der Waals surface area contributed by atoms with Crippen LogP contribution in [-0.4, -0.2) is 32.6 Å². The molecule has 0 saturated carbocycles. The molecule has 0 bridgehead atoms. The lowest BCUT2D eigenvalue weighted by atomic mass is 9.98. The van der Waals surface area contributed by atoms with Gasteiger partial charge in [0.2, 0.25) is 16.8 Å². The number of benzene rings is 2. The van der Waals surface area contributed by atoms with E-state index >= 15 is 0 Å². The van der Waals surface area contributed by atoms with Crippen molar-refractivity contribution < 1.29 is 22.3 Å². The van der Waals surface area contributed by atoms with Gasteiger partial charge in [0.25, 0.3) is 0 Å². The summed E-state index contributed by atoms with van der Waals surface area (Å²) in [7, 11) is -3.62. The van der Waals surface area contributed by atoms with Crippen LogP contribution in [0.2, 0.25) is 0 Å². The maximum atomic E-state index is 13.4. The highest BCUT2D eigenvalue weighted by molar-refractivity contribution is 7.89. The summed E-state index contributed by atoms with van der Waals surface area (Å²) in [5.74, 6) is 1.12. The predicted octanol–water partition coefficient (Wildman–Crippen LogP) is 3.04. The Morgan fingerprint density at radius 1 is 1.12 bits per heavy atom. The van der Waals surface area contributed by atoms with Gasteiger partial charge in [0.1, 0.15) is 5.82 Å². The van der Waals surface area contributed by atoms with Crippen LogP contribution >= 0.6 is 0 Å². The second-order valence-corrected chi connectivity index (χ2v) is 8.31. The molecule has 0 aliphatic carbocycles. The number of ether oxygens (including phenoxy) is 2. The first-order chi connectivity index (χ1) is 11.9. The van der Waals surface area contributed by atoms with Crippen LogP contribution < -0.4 is 9.47 Å². The van der Waals surface area contributed by atoms with E-state index < -0.39 is 15.8 Å². The molecule has 0 unspecified atom stereocenters. The molecule has 2 aromatic carbocycles. The fraction of sp³-hybridized carbons (Fsp3) is 0.333. The van der Waals surface area contributed by atoms with Crippen LogP contribution in [0.1, 0.15) is 23.5 Å². The molecule has 2 heterocycles. The summed E-state index contributed by atoms with van der Waals surface area (Å²) in [6, 6.07) is 9.65. The lowest BCUT2D eigenvalue weighted by Crippen LogP contribution is -2.28. The lowest BCUT2D eigenvalue weighted by Gasteiger charge is -2.17. The van der Waals surface area contributed by atoms with Gasteiger partial charge in [-0.1, -0.05) is 6.07 Å². The molecule has 132 valence electrons. The topological polar surface area (TPSA) is 55.8 Å². The Bertz CT molecular complexity index is 929. The average Bonchev–Trinajstić information content (AvgIpc) is 3.25. The first-order valence-corrected chi connectivity index (χ1v) is 9.55. The third kappa shape index (κ3) is 2.87. The molecule has 2 aliphatic heterocycles. The normalized spacial score (nSPS) is 20.2. The van der Waals surface area contributed by atoms with Gasteiger partial charge in [-0.05, 0) is 60.7 Å². The van der Waals surface area contributed by atoms with Crippen molar-refractivity contribution in [3.63, 3.8) is 0 Å². The number of halogens is 1. The average molecular weight is 363 g/mol. The summed E-state index contributed by atoms with van der Waals surface area (Å²) in [6.07, 6.45) is 0.735. The highest BCUT2D eigenvalue weighted by Gasteiger charge is 2.34. The minimum Gasteiger partial charge on any atom is -0.454 e. The fourth-order valence-corrected chi connectivity index (χ4v) is 4.90. The molecule has 1 atom stereocenters. The van der Waals surface area contributed by atoms with Crippen LogP contribution in [0.5, 0.6) is 11.5 Å². The third-order valence-corrected chi connectivity index (χ3v) is 6.65. The maximum Gasteiger partial charge on any atom is 0.243 e. The number of sulfonamides is 1. The van der Waals surface area contributed by atoms with E-state index in [9.17, 15) is 12.8 Å². The van der Waals surface area contributed by atoms with Crippen molar-refractivity contribution in [3.05, 3.63) is 53.3 Å². The summed E-state index contributed by atoms with van der Waals surface area (Å²) in [6.45, 7) is 2.62. The number of nitrogens with zero attached hydrogens (tertiary/aromatic N) is 1. The molecule has 2 aromatic rings. The number of hydrogen-bond acceptors (Lipinski definition) is 4. The van der Waals surface area contributed by atoms with E-state index in [2.05, 4.69) is 0 Å². The fourth-order valence-electron chi connectivity index (χ4n) is 3.31. The molecule has 0 aromatic heterocycles. The van der Waals surface area contributed by atoms with Crippen LogP contribution in [0, 0.1) is 12.7 Å². The van der Waals surface area contributed by atoms with E-state index in [4.69, 9.17) is 9.47 Å². The van der Waals surface area contributed by atoms with Gasteiger partial charge < -0.3 is 9.47 Å². The second-order valence-electron chi connectivity index (χ2n) is 6.37. The zero-order valence-corrected chi connectivity index (χ0v) is 14.6. The molecule has 0 amide bonds. The molecule has 1 saturated heterocycles. The van der Waals surface area contributed by atoms with E-state index in [1.165, 1.54) is 22.5 Å². The molecular weight excluding hydrogens is 345 g/mol. The molecule has 2 aliphatic rings. The molecule has 4 rings (SSSR count). The smallest absolute Gasteiger partial charge is 0.243 e. The van der Waals surface area contributed by atoms with Gasteiger partial charge in [-0.3, -0.25) is 0 Å². The Morgan fingerprint density at radius 3 is 2.72 bits per heavy atom. The van der Waals surface area contributed by atoms with Crippen molar-refractivity contribution in [1.29, 1.82) is 0 Å². The molecule has 1 fully saturated rings. The standard InChI is InChI=1S/C18H18FNO4S/c1-12-8-15(3-4-16(12)19)25(21,22)20-7-6-14(10-20)13-2-5-17-18(9-13)24-11-23-17/h2-5,8-9,14H,6-7,10-11H2,1H3/t14-/m1/s1. The van der Waals surface area contributed by atoms with Crippen LogP contribution in [0.4, 0.5) is 4.39 Å². The Morgan fingerprint density at radius 2 is 1.92 bits per heavy atom. The molecule has 0 radical (unpaired) electrons. The van der Waals surface area contributed by atoms with Gasteiger partial charge in [-0.15, -0.1) is 0 Å². The highest BCUT2D eigenvalue weighted by atomic mass is 32.2. The van der Waals surface area contributed by atoms with Gasteiger partial charge in [-0.2, -0.15) is 4.31 Å². The van der Waals surface area contributed by atoms with Crippen molar-refractivity contribution in [2.45, 2.75) is 24.2 Å². The van der Waals surface area contributed by atoms with Gasteiger partial charge >= 0.3 is 0 Å². The van der Waals surface area contributed by atoms with E-state index in [-0.39, 0.29) is 17.6 Å². The quantitative estimate of drug-likeness (QED) is 0.841. The molecule has 25 heavy (non-hydrogen) atoms. The van der Waals surface area contributed by atoms with Crippen LogP contribution in [-0.2, 0) is 10.0 Å². The summed E-state index contributed by atoms with van der Waals surface area (Å²) in [4.78, 5) is 0.137. The van der Waals surface area contributed by atoms with Crippen molar-refractivity contribution in [2.75, 3.05) is 19.9 Å². The van der Waals surface area contributed by atoms with E-state index in [1.807, 2.05) is 18.2 Å². The van der Waals surface area contributed by atoms with Crippen LogP contribution in [0.25, 0.3) is 0 Å². The minimum atomic E-state index is -3.62. The Labute approximate surface area is 146 Å². The zero-order chi connectivity index (χ0) is 17.6. The minimum absolute atomic E-state index is 0.103. The largest absolute Gasteiger partial charge is 0.454 e. The van der Waals surface area contributed by atoms with Crippen molar-refractivity contribution in [1.82, 2.24) is 4.31 Å². The van der Waals surface area contributed by atoms with Crippen LogP contribution in [0.15, 0.2) is 41.3 Å². The molecule has 7 heteroatoms. The Hall–Kier alpha value is -2.12. The SMILES string of the molecule is Cc1cc(S(=O)(=O)N2CC[C@@H](c3ccc4c(c3)OCO4)C2)ccc1F. The van der Waals surface area contributed by atoms with Crippen molar-refractivity contribution >= 4 is 10.0 Å². The van der Waals surface area contributed by atoms with E-state index in [1.54, 1.807) is 6.92 Å². The van der Waals surface area contributed by atoms with Gasteiger partial charge in [-0.25, -0.2) is 12.8 Å². The Balaban J connectivity index is 1.56. The third-order valence-electron chi connectivity index (χ3n) is 4.79.